The van der Waals surface area contributed by atoms with E-state index < -0.39 is 40.4 Å². The predicted molar refractivity (Wildman–Crippen MR) is 250 cm³/mol. The molecule has 2 aliphatic rings. The summed E-state index contributed by atoms with van der Waals surface area (Å²) in [6.45, 7) is 12.0. The van der Waals surface area contributed by atoms with Crippen molar-refractivity contribution in [3.8, 4) is 22.8 Å². The van der Waals surface area contributed by atoms with Gasteiger partial charge in [0.15, 0.2) is 17.1 Å². The fourth-order valence-electron chi connectivity index (χ4n) is 7.97. The summed E-state index contributed by atoms with van der Waals surface area (Å²) in [7, 11) is 0. The molecule has 2 aromatic heterocycles. The van der Waals surface area contributed by atoms with E-state index in [0.717, 1.165) is 52.0 Å². The number of non-ortho nitro benzene ring substituents is 1. The monoisotopic (exact) mass is 886 g/mol. The maximum absolute atomic E-state index is 12.9. The molecule has 4 heterocycles. The van der Waals surface area contributed by atoms with E-state index in [1.165, 1.54) is 11.0 Å². The number of nitrogens with zero attached hydrogens (tertiary/aromatic N) is 5. The number of nitrogen functional groups attached to an aromatic ring is 1. The standard InChI is InChI=1S/C24H26N4O5.C24H28N4O3.CH4/c1-24(2,3)33-23(30)27-13-5-8-18(27)20(29)14-15-9-11-16(12-10-15)22-25-17-6-4-7-19(28(31)32)21(17)26-22;1-24(2,3)31-23(30)28-13-5-8-19(28)20(29)14-15-9-11-16(12-10-15)22-26-18-7-4-6-17(25)21(18)27-22;/h4,6-7,9-12,18H,5,8,13-14H2,1-3H3,(H,25,26);4,6-7,9-12,19H,5,8,13-14,25H2,1-3H3,(H,26,27);1H4/t18-;19-;/m00./s1. The number of para-hydroxylation sites is 2. The van der Waals surface area contributed by atoms with Crippen LogP contribution in [0.25, 0.3) is 44.8 Å². The molecule has 6 aromatic rings. The summed E-state index contributed by atoms with van der Waals surface area (Å²) in [5, 5.41) is 11.2. The normalized spacial score (nSPS) is 16.2. The SMILES string of the molecule is C.CC(C)(C)OC(=O)N1CCC[C@H]1C(=O)Cc1ccc(-c2nc3c(N)cccc3[nH]2)cc1.CC(C)(C)OC(=O)N1CCC[C@H]1C(=O)Cc1ccc(-c2nc3c([N+](=O)[O-])cccc3[nH]2)cc1. The number of ketones is 2. The number of H-pyrrole nitrogens is 2. The lowest BCUT2D eigenvalue weighted by Gasteiger charge is -2.28. The number of imidazole rings is 2. The van der Waals surface area contributed by atoms with Gasteiger partial charge in [0.25, 0.3) is 5.69 Å². The van der Waals surface area contributed by atoms with E-state index >= 15 is 0 Å². The zero-order chi connectivity index (χ0) is 45.9. The van der Waals surface area contributed by atoms with E-state index in [0.29, 0.717) is 48.5 Å². The van der Waals surface area contributed by atoms with E-state index in [9.17, 15) is 29.3 Å². The molecule has 4 aromatic carbocycles. The number of carbonyl (C=O) groups excluding carboxylic acids is 4. The van der Waals surface area contributed by atoms with Gasteiger partial charge in [0.2, 0.25) is 0 Å². The first-order valence-electron chi connectivity index (χ1n) is 21.4. The highest BCUT2D eigenvalue weighted by Gasteiger charge is 2.37. The number of Topliss-reactive ketones (excluding diaryl/α,β-unsaturated/α-hetero) is 2. The lowest BCUT2D eigenvalue weighted by molar-refractivity contribution is -0.383. The molecule has 2 saturated heterocycles. The number of amides is 2. The summed E-state index contributed by atoms with van der Waals surface area (Å²) in [5.41, 5.74) is 11.3. The minimum Gasteiger partial charge on any atom is -0.444 e. The zero-order valence-corrected chi connectivity index (χ0v) is 37.0. The smallest absolute Gasteiger partial charge is 0.410 e. The van der Waals surface area contributed by atoms with E-state index in [1.54, 1.807) is 37.8 Å². The van der Waals surface area contributed by atoms with Gasteiger partial charge < -0.3 is 25.2 Å². The molecule has 2 atom stereocenters. The van der Waals surface area contributed by atoms with Crippen molar-refractivity contribution in [2.24, 2.45) is 0 Å². The van der Waals surface area contributed by atoms with Gasteiger partial charge in [-0.25, -0.2) is 19.6 Å². The number of rotatable bonds is 9. The number of nitro groups is 1. The predicted octanol–water partition coefficient (Wildman–Crippen LogP) is 9.61. The van der Waals surface area contributed by atoms with Gasteiger partial charge in [-0.3, -0.25) is 29.5 Å². The molecule has 0 radical (unpaired) electrons. The van der Waals surface area contributed by atoms with Gasteiger partial charge in [0, 0.05) is 43.1 Å². The molecule has 342 valence electrons. The second kappa shape index (κ2) is 19.3. The zero-order valence-electron chi connectivity index (χ0n) is 37.0. The number of benzene rings is 4. The molecular formula is C49H58N8O8. The Morgan fingerprint density at radius 2 is 1.09 bits per heavy atom. The highest BCUT2D eigenvalue weighted by molar-refractivity contribution is 5.92. The van der Waals surface area contributed by atoms with Crippen molar-refractivity contribution in [1.29, 1.82) is 0 Å². The molecule has 4 N–H and O–H groups in total. The van der Waals surface area contributed by atoms with Gasteiger partial charge in [-0.2, -0.15) is 0 Å². The second-order valence-electron chi connectivity index (χ2n) is 18.2. The van der Waals surface area contributed by atoms with Crippen molar-refractivity contribution < 1.29 is 33.6 Å². The van der Waals surface area contributed by atoms with Gasteiger partial charge >= 0.3 is 12.2 Å². The van der Waals surface area contributed by atoms with Gasteiger partial charge in [0.1, 0.15) is 28.4 Å². The lowest BCUT2D eigenvalue weighted by atomic mass is 10.0. The Morgan fingerprint density at radius 1 is 0.677 bits per heavy atom. The van der Waals surface area contributed by atoms with E-state index in [4.69, 9.17) is 15.2 Å². The summed E-state index contributed by atoms with van der Waals surface area (Å²) < 4.78 is 10.9. The first-order valence-corrected chi connectivity index (χ1v) is 21.4. The molecule has 0 unspecified atom stereocenters. The largest absolute Gasteiger partial charge is 0.444 e. The number of likely N-dealkylation sites (tertiary alicyclic amines) is 2. The van der Waals surface area contributed by atoms with Crippen LogP contribution in [0.3, 0.4) is 0 Å². The molecule has 2 fully saturated rings. The fourth-order valence-corrected chi connectivity index (χ4v) is 7.97. The van der Waals surface area contributed by atoms with Crippen molar-refractivity contribution in [3.05, 3.63) is 106 Å². The fraction of sp³-hybridized carbons (Fsp3) is 0.388. The van der Waals surface area contributed by atoms with Crippen LogP contribution in [-0.4, -0.2) is 94.8 Å². The molecule has 8 rings (SSSR count). The van der Waals surface area contributed by atoms with Crippen molar-refractivity contribution in [2.75, 3.05) is 18.8 Å². The van der Waals surface area contributed by atoms with Crippen LogP contribution in [0.2, 0.25) is 0 Å². The summed E-state index contributed by atoms with van der Waals surface area (Å²) in [6, 6.07) is 24.6. The van der Waals surface area contributed by atoms with Crippen LogP contribution < -0.4 is 5.73 Å². The molecule has 65 heavy (non-hydrogen) atoms. The number of ether oxygens (including phenoxy) is 2. The molecule has 0 spiro atoms. The highest BCUT2D eigenvalue weighted by Crippen LogP contribution is 2.29. The van der Waals surface area contributed by atoms with Crippen LogP contribution in [0, 0.1) is 10.1 Å². The maximum atomic E-state index is 12.9. The van der Waals surface area contributed by atoms with Gasteiger partial charge in [-0.1, -0.05) is 68.1 Å². The van der Waals surface area contributed by atoms with Crippen LogP contribution in [0.5, 0.6) is 0 Å². The summed E-state index contributed by atoms with van der Waals surface area (Å²) in [4.78, 5) is 80.0. The number of nitrogens with two attached hydrogens (primary N) is 1. The van der Waals surface area contributed by atoms with Crippen LogP contribution in [-0.2, 0) is 31.9 Å². The number of nitrogens with one attached hydrogen (secondary N) is 2. The third kappa shape index (κ3) is 11.4. The Labute approximate surface area is 378 Å². The van der Waals surface area contributed by atoms with E-state index in [2.05, 4.69) is 19.9 Å². The molecule has 16 nitrogen and oxygen atoms in total. The van der Waals surface area contributed by atoms with Crippen LogP contribution in [0.1, 0.15) is 85.8 Å². The topological polar surface area (TPSA) is 220 Å². The Hall–Kier alpha value is -7.10. The Morgan fingerprint density at radius 3 is 1.51 bits per heavy atom. The Bertz CT molecular complexity index is 2690. The molecule has 16 heteroatoms. The number of nitro benzene ring substituents is 1. The number of hydrogen-bond acceptors (Lipinski definition) is 11. The third-order valence-corrected chi connectivity index (χ3v) is 10.9. The molecule has 2 aliphatic heterocycles. The minimum absolute atomic E-state index is 0. The number of aromatic amines is 2. The van der Waals surface area contributed by atoms with Crippen molar-refractivity contribution >= 4 is 57.2 Å². The Kier molecular flexibility index (Phi) is 14.1. The number of anilines is 1. The van der Waals surface area contributed by atoms with Gasteiger partial charge in [-0.05, 0) is 96.6 Å². The quantitative estimate of drug-likeness (QED) is 0.0705. The van der Waals surface area contributed by atoms with Gasteiger partial charge in [-0.15, -0.1) is 0 Å². The number of hydrogen-bond donors (Lipinski definition) is 3. The summed E-state index contributed by atoms with van der Waals surface area (Å²) in [6.07, 6.45) is 2.50. The van der Waals surface area contributed by atoms with Gasteiger partial charge in [0.05, 0.1) is 33.7 Å². The molecular weight excluding hydrogens is 829 g/mol. The number of aromatic nitrogens is 4. The van der Waals surface area contributed by atoms with E-state index in [-0.39, 0.29) is 37.5 Å². The summed E-state index contributed by atoms with van der Waals surface area (Å²) >= 11 is 0. The molecule has 0 aliphatic carbocycles. The second-order valence-corrected chi connectivity index (χ2v) is 18.2. The Balaban J connectivity index is 0.000000212. The number of carbonyl (C=O) groups is 4. The highest BCUT2D eigenvalue weighted by atomic mass is 16.6. The van der Waals surface area contributed by atoms with Crippen molar-refractivity contribution in [1.82, 2.24) is 29.7 Å². The average molecular weight is 887 g/mol. The first kappa shape index (κ1) is 47.4. The van der Waals surface area contributed by atoms with Crippen LogP contribution >= 0.6 is 0 Å². The van der Waals surface area contributed by atoms with Crippen LogP contribution in [0.4, 0.5) is 21.0 Å². The number of fused-ring (bicyclic) bond motifs is 2. The van der Waals surface area contributed by atoms with Crippen molar-refractivity contribution in [2.45, 2.75) is 111 Å². The van der Waals surface area contributed by atoms with E-state index in [1.807, 2.05) is 87.5 Å². The third-order valence-electron chi connectivity index (χ3n) is 10.9. The average Bonchev–Trinajstić information content (AvgIpc) is 4.06. The molecule has 2 amide bonds. The van der Waals surface area contributed by atoms with Crippen LogP contribution in [0.15, 0.2) is 84.9 Å². The summed E-state index contributed by atoms with van der Waals surface area (Å²) in [5.74, 6) is 1.26. The minimum atomic E-state index is -0.611. The molecule has 0 saturated carbocycles. The lowest BCUT2D eigenvalue weighted by Crippen LogP contribution is -2.43. The maximum Gasteiger partial charge on any atom is 0.410 e. The first-order chi connectivity index (χ1) is 30.3. The van der Waals surface area contributed by atoms with Crippen molar-refractivity contribution in [3.63, 3.8) is 0 Å². The molecule has 0 bridgehead atoms.